The fourth-order valence-electron chi connectivity index (χ4n) is 2.12. The van der Waals surface area contributed by atoms with Gasteiger partial charge in [-0.3, -0.25) is 0 Å². The molecule has 18 heavy (non-hydrogen) atoms. The summed E-state index contributed by atoms with van der Waals surface area (Å²) in [6.07, 6.45) is 4.46. The number of para-hydroxylation sites is 1. The van der Waals surface area contributed by atoms with Crippen LogP contribution in [0.2, 0.25) is 0 Å². The second-order valence-electron chi connectivity index (χ2n) is 4.36. The summed E-state index contributed by atoms with van der Waals surface area (Å²) < 4.78 is 0. The normalized spacial score (nSPS) is 18.3. The second-order valence-corrected chi connectivity index (χ2v) is 5.52. The fourth-order valence-corrected chi connectivity index (χ4v) is 3.30. The SMILES string of the molecule is CN1c2ccccc2S[C@@H]1/C=C/c1ccccc1. The van der Waals surface area contributed by atoms with Gasteiger partial charge < -0.3 is 4.90 Å². The van der Waals surface area contributed by atoms with Crippen LogP contribution >= 0.6 is 11.8 Å². The highest BCUT2D eigenvalue weighted by Crippen LogP contribution is 2.42. The Bertz CT molecular complexity index is 562. The average Bonchev–Trinajstić information content (AvgIpc) is 2.75. The molecule has 0 amide bonds. The highest BCUT2D eigenvalue weighted by atomic mass is 32.2. The van der Waals surface area contributed by atoms with Gasteiger partial charge in [0, 0.05) is 11.9 Å². The van der Waals surface area contributed by atoms with Gasteiger partial charge in [0.1, 0.15) is 0 Å². The highest BCUT2D eigenvalue weighted by Gasteiger charge is 2.24. The molecule has 0 saturated heterocycles. The van der Waals surface area contributed by atoms with Gasteiger partial charge in [0.05, 0.1) is 11.1 Å². The van der Waals surface area contributed by atoms with Crippen LogP contribution in [0.25, 0.3) is 6.08 Å². The Labute approximate surface area is 112 Å². The minimum Gasteiger partial charge on any atom is -0.358 e. The number of nitrogens with zero attached hydrogens (tertiary/aromatic N) is 1. The number of rotatable bonds is 2. The van der Waals surface area contributed by atoms with E-state index in [4.69, 9.17) is 0 Å². The minimum absolute atomic E-state index is 0.391. The number of thioether (sulfide) groups is 1. The topological polar surface area (TPSA) is 3.24 Å². The second kappa shape index (κ2) is 4.91. The third-order valence-electron chi connectivity index (χ3n) is 3.13. The van der Waals surface area contributed by atoms with Crippen LogP contribution in [0.4, 0.5) is 5.69 Å². The molecule has 1 aliphatic heterocycles. The Morgan fingerprint density at radius 1 is 1.00 bits per heavy atom. The van der Waals surface area contributed by atoms with Crippen molar-refractivity contribution in [2.75, 3.05) is 11.9 Å². The lowest BCUT2D eigenvalue weighted by Gasteiger charge is -2.18. The molecule has 1 nitrogen and oxygen atoms in total. The molecule has 1 aliphatic rings. The zero-order valence-corrected chi connectivity index (χ0v) is 11.1. The number of anilines is 1. The van der Waals surface area contributed by atoms with E-state index in [1.54, 1.807) is 0 Å². The van der Waals surface area contributed by atoms with E-state index in [-0.39, 0.29) is 0 Å². The van der Waals surface area contributed by atoms with E-state index < -0.39 is 0 Å². The molecule has 3 rings (SSSR count). The van der Waals surface area contributed by atoms with E-state index in [9.17, 15) is 0 Å². The Morgan fingerprint density at radius 2 is 1.72 bits per heavy atom. The van der Waals surface area contributed by atoms with Crippen LogP contribution in [0.1, 0.15) is 5.56 Å². The maximum atomic E-state index is 2.32. The van der Waals surface area contributed by atoms with E-state index in [1.807, 2.05) is 17.8 Å². The lowest BCUT2D eigenvalue weighted by atomic mass is 10.2. The number of hydrogen-bond acceptors (Lipinski definition) is 2. The van der Waals surface area contributed by atoms with Crippen LogP contribution in [0.5, 0.6) is 0 Å². The molecule has 0 aliphatic carbocycles. The first-order valence-electron chi connectivity index (χ1n) is 6.06. The summed E-state index contributed by atoms with van der Waals surface area (Å²) in [4.78, 5) is 3.68. The molecule has 2 aromatic carbocycles. The molecule has 90 valence electrons. The van der Waals surface area contributed by atoms with Crippen LogP contribution in [-0.4, -0.2) is 12.4 Å². The molecule has 0 fully saturated rings. The highest BCUT2D eigenvalue weighted by molar-refractivity contribution is 8.00. The summed E-state index contributed by atoms with van der Waals surface area (Å²) in [6.45, 7) is 0. The van der Waals surface area contributed by atoms with Crippen molar-refractivity contribution < 1.29 is 0 Å². The number of hydrogen-bond donors (Lipinski definition) is 0. The molecule has 1 heterocycles. The molecule has 0 N–H and O–H groups in total. The van der Waals surface area contributed by atoms with Crippen molar-refractivity contribution in [2.24, 2.45) is 0 Å². The minimum atomic E-state index is 0.391. The maximum absolute atomic E-state index is 2.32. The Morgan fingerprint density at radius 3 is 2.50 bits per heavy atom. The third-order valence-corrected chi connectivity index (χ3v) is 4.44. The lowest BCUT2D eigenvalue weighted by molar-refractivity contribution is 0.993. The van der Waals surface area contributed by atoms with Crippen LogP contribution in [0.3, 0.4) is 0 Å². The van der Waals surface area contributed by atoms with Crippen molar-refractivity contribution in [1.82, 2.24) is 0 Å². The van der Waals surface area contributed by atoms with Crippen molar-refractivity contribution in [3.8, 4) is 0 Å². The van der Waals surface area contributed by atoms with Crippen molar-refractivity contribution in [1.29, 1.82) is 0 Å². The quantitative estimate of drug-likeness (QED) is 0.786. The molecule has 0 radical (unpaired) electrons. The van der Waals surface area contributed by atoms with Crippen LogP contribution in [-0.2, 0) is 0 Å². The molecule has 2 heteroatoms. The van der Waals surface area contributed by atoms with Gasteiger partial charge in [-0.1, -0.05) is 66.4 Å². The van der Waals surface area contributed by atoms with Crippen molar-refractivity contribution >= 4 is 23.5 Å². The van der Waals surface area contributed by atoms with Crippen molar-refractivity contribution in [3.05, 3.63) is 66.2 Å². The zero-order chi connectivity index (χ0) is 12.4. The van der Waals surface area contributed by atoms with Gasteiger partial charge >= 0.3 is 0 Å². The first kappa shape index (κ1) is 11.4. The summed E-state index contributed by atoms with van der Waals surface area (Å²) in [6, 6.07) is 19.0. The Hall–Kier alpha value is -1.67. The van der Waals surface area contributed by atoms with Crippen LogP contribution in [0.15, 0.2) is 65.6 Å². The fraction of sp³-hybridized carbons (Fsp3) is 0.125. The molecule has 0 spiro atoms. The van der Waals surface area contributed by atoms with Gasteiger partial charge in [-0.05, 0) is 17.7 Å². The third kappa shape index (κ3) is 2.16. The Kier molecular flexibility index (Phi) is 3.11. The zero-order valence-electron chi connectivity index (χ0n) is 10.3. The number of fused-ring (bicyclic) bond motifs is 1. The molecule has 2 aromatic rings. The van der Waals surface area contributed by atoms with Crippen LogP contribution in [0, 0.1) is 0 Å². The molecular weight excluding hydrogens is 238 g/mol. The summed E-state index contributed by atoms with van der Waals surface area (Å²) in [5.41, 5.74) is 2.58. The molecule has 0 unspecified atom stereocenters. The lowest BCUT2D eigenvalue weighted by Crippen LogP contribution is -2.21. The van der Waals surface area contributed by atoms with Crippen LogP contribution < -0.4 is 4.90 Å². The van der Waals surface area contributed by atoms with Gasteiger partial charge in [-0.2, -0.15) is 0 Å². The van der Waals surface area contributed by atoms with Gasteiger partial charge in [-0.15, -0.1) is 0 Å². The van der Waals surface area contributed by atoms with E-state index in [1.165, 1.54) is 16.1 Å². The molecule has 1 atom stereocenters. The predicted molar refractivity (Wildman–Crippen MR) is 80.0 cm³/mol. The number of benzene rings is 2. The average molecular weight is 253 g/mol. The summed E-state index contributed by atoms with van der Waals surface area (Å²) in [5.74, 6) is 0. The monoisotopic (exact) mass is 253 g/mol. The van der Waals surface area contributed by atoms with Gasteiger partial charge in [0.2, 0.25) is 0 Å². The smallest absolute Gasteiger partial charge is 0.0983 e. The molecule has 0 aromatic heterocycles. The maximum Gasteiger partial charge on any atom is 0.0983 e. The van der Waals surface area contributed by atoms with E-state index in [0.717, 1.165) is 0 Å². The summed E-state index contributed by atoms with van der Waals surface area (Å²) in [5, 5.41) is 0.391. The summed E-state index contributed by atoms with van der Waals surface area (Å²) >= 11 is 1.90. The van der Waals surface area contributed by atoms with E-state index in [0.29, 0.717) is 5.37 Å². The Balaban J connectivity index is 1.79. The van der Waals surface area contributed by atoms with Gasteiger partial charge in [0.25, 0.3) is 0 Å². The molecular formula is C16H15NS. The van der Waals surface area contributed by atoms with Crippen molar-refractivity contribution in [3.63, 3.8) is 0 Å². The largest absolute Gasteiger partial charge is 0.358 e. The molecule has 0 saturated carbocycles. The van der Waals surface area contributed by atoms with E-state index >= 15 is 0 Å². The first-order valence-corrected chi connectivity index (χ1v) is 6.94. The van der Waals surface area contributed by atoms with E-state index in [2.05, 4.69) is 72.6 Å². The number of likely N-dealkylation sites (N-methyl/N-ethyl adjacent to an activating group) is 1. The first-order chi connectivity index (χ1) is 8.84. The predicted octanol–water partition coefficient (Wildman–Crippen LogP) is 4.27. The standard InChI is InChI=1S/C16H15NS/c1-17-14-9-5-6-10-15(14)18-16(17)12-11-13-7-3-2-4-8-13/h2-12,16H,1H3/b12-11+/t16-/m1/s1. The van der Waals surface area contributed by atoms with Gasteiger partial charge in [-0.25, -0.2) is 0 Å². The van der Waals surface area contributed by atoms with Crippen molar-refractivity contribution in [2.45, 2.75) is 10.3 Å². The van der Waals surface area contributed by atoms with Gasteiger partial charge in [0.15, 0.2) is 0 Å². The summed E-state index contributed by atoms with van der Waals surface area (Å²) in [7, 11) is 2.15. The molecule has 0 bridgehead atoms.